The largest absolute Gasteiger partial charge is 0.444 e. The maximum Gasteiger partial charge on any atom is 0.407 e. The van der Waals surface area contributed by atoms with Crippen LogP contribution >= 0.6 is 0 Å². The number of hydrogen-bond donors (Lipinski definition) is 1. The number of unbranched alkanes of at least 4 members (excludes halogenated alkanes) is 1. The Morgan fingerprint density at radius 2 is 2.00 bits per heavy atom. The molecule has 0 saturated carbocycles. The van der Waals surface area contributed by atoms with Crippen LogP contribution in [0.1, 0.15) is 52.0 Å². The summed E-state index contributed by atoms with van der Waals surface area (Å²) in [5.74, 6) is 0. The van der Waals surface area contributed by atoms with E-state index in [0.29, 0.717) is 19.3 Å². The summed E-state index contributed by atoms with van der Waals surface area (Å²) < 4.78 is 16.6. The van der Waals surface area contributed by atoms with Crippen LogP contribution in [-0.4, -0.2) is 37.1 Å². The molecule has 1 amide bonds. The standard InChI is InChI=1S/C20H31NO4/c1-20(2,3)25-19(22)21-13-17(11-7-8-12-18-15-24-18)23-14-16-9-5-4-6-10-16/h4-6,9-10,17-18H,7-8,11-15H2,1-3H3,(H,21,22)/t17-,18+/m0/s1. The lowest BCUT2D eigenvalue weighted by Gasteiger charge is -2.22. The Balaban J connectivity index is 1.74. The summed E-state index contributed by atoms with van der Waals surface area (Å²) in [6.45, 7) is 7.49. The maximum absolute atomic E-state index is 11.9. The lowest BCUT2D eigenvalue weighted by molar-refractivity contribution is 0.0233. The minimum Gasteiger partial charge on any atom is -0.444 e. The predicted octanol–water partition coefficient (Wildman–Crippen LogP) is 4.06. The van der Waals surface area contributed by atoms with Crippen LogP contribution in [-0.2, 0) is 20.8 Å². The molecule has 0 bridgehead atoms. The second kappa shape index (κ2) is 9.78. The Hall–Kier alpha value is -1.59. The Morgan fingerprint density at radius 1 is 1.28 bits per heavy atom. The average Bonchev–Trinajstić information content (AvgIpc) is 3.37. The summed E-state index contributed by atoms with van der Waals surface area (Å²) in [5.41, 5.74) is 0.644. The second-order valence-corrected chi connectivity index (χ2v) is 7.54. The Bertz CT molecular complexity index is 508. The van der Waals surface area contributed by atoms with Crippen molar-refractivity contribution < 1.29 is 19.0 Å². The summed E-state index contributed by atoms with van der Waals surface area (Å²) >= 11 is 0. The first-order valence-electron chi connectivity index (χ1n) is 9.16. The van der Waals surface area contributed by atoms with Gasteiger partial charge in [-0.2, -0.15) is 0 Å². The van der Waals surface area contributed by atoms with Gasteiger partial charge in [-0.25, -0.2) is 4.79 Å². The quantitative estimate of drug-likeness (QED) is 0.511. The highest BCUT2D eigenvalue weighted by atomic mass is 16.6. The van der Waals surface area contributed by atoms with E-state index < -0.39 is 11.7 Å². The van der Waals surface area contributed by atoms with Crippen LogP contribution in [0.3, 0.4) is 0 Å². The van der Waals surface area contributed by atoms with Crippen molar-refractivity contribution in [3.05, 3.63) is 35.9 Å². The molecule has 5 nitrogen and oxygen atoms in total. The number of carbonyl (C=O) groups is 1. The molecule has 1 fully saturated rings. The van der Waals surface area contributed by atoms with E-state index in [1.165, 1.54) is 0 Å². The summed E-state index contributed by atoms with van der Waals surface area (Å²) in [7, 11) is 0. The van der Waals surface area contributed by atoms with E-state index in [1.807, 2.05) is 51.1 Å². The van der Waals surface area contributed by atoms with Crippen molar-refractivity contribution in [2.45, 2.75) is 70.9 Å². The topological polar surface area (TPSA) is 60.1 Å². The molecule has 25 heavy (non-hydrogen) atoms. The fourth-order valence-corrected chi connectivity index (χ4v) is 2.52. The van der Waals surface area contributed by atoms with E-state index in [-0.39, 0.29) is 6.10 Å². The van der Waals surface area contributed by atoms with Crippen LogP contribution in [0.5, 0.6) is 0 Å². The van der Waals surface area contributed by atoms with Crippen molar-refractivity contribution in [2.24, 2.45) is 0 Å². The summed E-state index contributed by atoms with van der Waals surface area (Å²) in [6, 6.07) is 10.1. The summed E-state index contributed by atoms with van der Waals surface area (Å²) in [6.07, 6.45) is 4.28. The minimum absolute atomic E-state index is 0.0205. The number of alkyl carbamates (subject to hydrolysis) is 1. The van der Waals surface area contributed by atoms with Crippen LogP contribution < -0.4 is 5.32 Å². The number of epoxide rings is 1. The zero-order valence-corrected chi connectivity index (χ0v) is 15.6. The molecule has 1 aliphatic heterocycles. The molecular formula is C20H31NO4. The van der Waals surface area contributed by atoms with Gasteiger partial charge in [-0.15, -0.1) is 0 Å². The highest BCUT2D eigenvalue weighted by molar-refractivity contribution is 5.67. The van der Waals surface area contributed by atoms with Gasteiger partial charge < -0.3 is 19.5 Å². The van der Waals surface area contributed by atoms with Crippen LogP contribution in [0.4, 0.5) is 4.79 Å². The van der Waals surface area contributed by atoms with Gasteiger partial charge in [-0.1, -0.05) is 43.2 Å². The van der Waals surface area contributed by atoms with Gasteiger partial charge in [-0.3, -0.25) is 0 Å². The SMILES string of the molecule is CC(C)(C)OC(=O)NC[C@H](CCCC[C@@H]1CO1)OCc1ccccc1. The fourth-order valence-electron chi connectivity index (χ4n) is 2.52. The molecule has 0 aliphatic carbocycles. The third-order valence-corrected chi connectivity index (χ3v) is 3.91. The highest BCUT2D eigenvalue weighted by Crippen LogP contribution is 2.18. The molecule has 1 N–H and O–H groups in total. The molecular weight excluding hydrogens is 318 g/mol. The van der Waals surface area contributed by atoms with Crippen molar-refractivity contribution >= 4 is 6.09 Å². The minimum atomic E-state index is -0.491. The van der Waals surface area contributed by atoms with Crippen LogP contribution in [0.15, 0.2) is 30.3 Å². The van der Waals surface area contributed by atoms with Gasteiger partial charge in [0.1, 0.15) is 5.60 Å². The molecule has 5 heteroatoms. The number of ether oxygens (including phenoxy) is 3. The molecule has 140 valence electrons. The van der Waals surface area contributed by atoms with Crippen molar-refractivity contribution in [3.63, 3.8) is 0 Å². The molecule has 0 unspecified atom stereocenters. The lowest BCUT2D eigenvalue weighted by Crippen LogP contribution is -2.37. The second-order valence-electron chi connectivity index (χ2n) is 7.54. The first-order valence-corrected chi connectivity index (χ1v) is 9.16. The van der Waals surface area contributed by atoms with Gasteiger partial charge in [0.2, 0.25) is 0 Å². The lowest BCUT2D eigenvalue weighted by atomic mass is 10.1. The first-order chi connectivity index (χ1) is 11.9. The summed E-state index contributed by atoms with van der Waals surface area (Å²) in [5, 5.41) is 2.83. The van der Waals surface area contributed by atoms with Crippen molar-refractivity contribution in [2.75, 3.05) is 13.2 Å². The number of hydrogen-bond acceptors (Lipinski definition) is 4. The van der Waals surface area contributed by atoms with Crippen molar-refractivity contribution in [1.82, 2.24) is 5.32 Å². The number of carbonyl (C=O) groups excluding carboxylic acids is 1. The van der Waals surface area contributed by atoms with Gasteiger partial charge in [0.05, 0.1) is 25.4 Å². The van der Waals surface area contributed by atoms with Gasteiger partial charge >= 0.3 is 6.09 Å². The Morgan fingerprint density at radius 3 is 2.64 bits per heavy atom. The molecule has 0 spiro atoms. The van der Waals surface area contributed by atoms with E-state index in [1.54, 1.807) is 0 Å². The van der Waals surface area contributed by atoms with Gasteiger partial charge in [0, 0.05) is 6.54 Å². The molecule has 0 aromatic heterocycles. The molecule has 1 heterocycles. The van der Waals surface area contributed by atoms with Crippen LogP contribution in [0, 0.1) is 0 Å². The van der Waals surface area contributed by atoms with E-state index in [2.05, 4.69) is 5.32 Å². The monoisotopic (exact) mass is 349 g/mol. The van der Waals surface area contributed by atoms with E-state index in [0.717, 1.165) is 37.9 Å². The predicted molar refractivity (Wildman–Crippen MR) is 97.5 cm³/mol. The smallest absolute Gasteiger partial charge is 0.407 e. The van der Waals surface area contributed by atoms with Crippen molar-refractivity contribution in [1.29, 1.82) is 0 Å². The molecule has 1 aromatic carbocycles. The van der Waals surface area contributed by atoms with E-state index in [9.17, 15) is 4.79 Å². The summed E-state index contributed by atoms with van der Waals surface area (Å²) in [4.78, 5) is 11.9. The first kappa shape index (κ1) is 19.7. The van der Waals surface area contributed by atoms with Gasteiger partial charge in [0.15, 0.2) is 0 Å². The average molecular weight is 349 g/mol. The molecule has 1 aromatic rings. The van der Waals surface area contributed by atoms with Crippen LogP contribution in [0.25, 0.3) is 0 Å². The zero-order chi connectivity index (χ0) is 18.1. The number of benzene rings is 1. The normalized spacial score (nSPS) is 17.8. The van der Waals surface area contributed by atoms with Gasteiger partial charge in [-0.05, 0) is 39.2 Å². The molecule has 1 aliphatic rings. The molecule has 1 saturated heterocycles. The molecule has 2 rings (SSSR count). The van der Waals surface area contributed by atoms with E-state index in [4.69, 9.17) is 14.2 Å². The molecule has 2 atom stereocenters. The number of nitrogens with one attached hydrogen (secondary N) is 1. The molecule has 0 radical (unpaired) electrons. The number of rotatable bonds is 10. The van der Waals surface area contributed by atoms with Crippen LogP contribution in [0.2, 0.25) is 0 Å². The third kappa shape index (κ3) is 9.46. The van der Waals surface area contributed by atoms with Crippen molar-refractivity contribution in [3.8, 4) is 0 Å². The van der Waals surface area contributed by atoms with E-state index >= 15 is 0 Å². The Kier molecular flexibility index (Phi) is 7.72. The highest BCUT2D eigenvalue weighted by Gasteiger charge is 2.22. The zero-order valence-electron chi connectivity index (χ0n) is 15.6. The number of amides is 1. The van der Waals surface area contributed by atoms with Gasteiger partial charge in [0.25, 0.3) is 0 Å². The Labute approximate surface area is 151 Å². The fraction of sp³-hybridized carbons (Fsp3) is 0.650. The maximum atomic E-state index is 11.9. The third-order valence-electron chi connectivity index (χ3n) is 3.91.